The van der Waals surface area contributed by atoms with Crippen molar-refractivity contribution in [3.8, 4) is 33.5 Å². The van der Waals surface area contributed by atoms with E-state index in [2.05, 4.69) is 27.2 Å². The van der Waals surface area contributed by atoms with Crippen molar-refractivity contribution in [2.45, 2.75) is 76.8 Å². The highest BCUT2D eigenvalue weighted by atomic mass is 19.1. The molecule has 328 valence electrons. The van der Waals surface area contributed by atoms with Gasteiger partial charge in [0.05, 0.1) is 37.0 Å². The normalized spacial score (nSPS) is 19.9. The molecule has 5 aromatic rings. The number of hydrogen-bond donors (Lipinski definition) is 4. The van der Waals surface area contributed by atoms with Gasteiger partial charge in [-0.1, -0.05) is 76.3 Å². The van der Waals surface area contributed by atoms with E-state index in [0.29, 0.717) is 47.1 Å². The van der Waals surface area contributed by atoms with Crippen LogP contribution in [0.3, 0.4) is 0 Å². The first-order valence-electron chi connectivity index (χ1n) is 21.4. The van der Waals surface area contributed by atoms with Gasteiger partial charge in [-0.2, -0.15) is 0 Å². The average Bonchev–Trinajstić information content (AvgIpc) is 4.14. The number of nitrogens with zero attached hydrogens (tertiary/aromatic N) is 4. The summed E-state index contributed by atoms with van der Waals surface area (Å²) in [5, 5.41) is 5.36. The number of aromatic nitrogens is 4. The van der Waals surface area contributed by atoms with Crippen molar-refractivity contribution < 1.29 is 33.0 Å². The summed E-state index contributed by atoms with van der Waals surface area (Å²) in [5.74, 6) is 0.452. The van der Waals surface area contributed by atoms with E-state index in [1.54, 1.807) is 22.1 Å². The van der Waals surface area contributed by atoms with Crippen molar-refractivity contribution in [2.75, 3.05) is 27.3 Å². The number of nitrogens with one attached hydrogen (secondary N) is 4. The predicted molar refractivity (Wildman–Crippen MR) is 237 cm³/mol. The maximum atomic E-state index is 17.8. The van der Waals surface area contributed by atoms with Gasteiger partial charge in [0.25, 0.3) is 0 Å². The lowest BCUT2D eigenvalue weighted by molar-refractivity contribution is -0.136. The monoisotopic (exact) mass is 856 g/mol. The molecule has 1 fully saturated rings. The smallest absolute Gasteiger partial charge is 0.407 e. The number of rotatable bonds is 12. The lowest BCUT2D eigenvalue weighted by atomic mass is 9.88. The third-order valence-corrected chi connectivity index (χ3v) is 12.5. The number of carbonyl (C=O) groups is 4. The van der Waals surface area contributed by atoms with Gasteiger partial charge in [0.2, 0.25) is 11.8 Å². The highest BCUT2D eigenvalue weighted by Crippen LogP contribution is 2.54. The summed E-state index contributed by atoms with van der Waals surface area (Å²) in [6.07, 6.45) is 7.41. The van der Waals surface area contributed by atoms with Crippen molar-refractivity contribution in [3.63, 3.8) is 0 Å². The number of hydrogen-bond acceptors (Lipinski definition) is 8. The number of allylic oxidation sites excluding steroid dienone is 1. The van der Waals surface area contributed by atoms with Crippen molar-refractivity contribution in [3.05, 3.63) is 108 Å². The fraction of sp³-hybridized carbons (Fsp3) is 0.375. The number of amides is 4. The van der Waals surface area contributed by atoms with Crippen LogP contribution in [-0.2, 0) is 24.7 Å². The lowest BCUT2D eigenvalue weighted by Crippen LogP contribution is -2.51. The average molecular weight is 857 g/mol. The van der Waals surface area contributed by atoms with Gasteiger partial charge in [0.1, 0.15) is 29.8 Å². The fourth-order valence-electron chi connectivity index (χ4n) is 9.17. The summed E-state index contributed by atoms with van der Waals surface area (Å²) >= 11 is 0. The van der Waals surface area contributed by atoms with Gasteiger partial charge in [-0.25, -0.2) is 23.9 Å². The Morgan fingerprint density at radius 3 is 2.10 bits per heavy atom. The van der Waals surface area contributed by atoms with Crippen LogP contribution in [0.1, 0.15) is 81.8 Å². The quantitative estimate of drug-likeness (QED) is 0.0908. The van der Waals surface area contributed by atoms with E-state index in [0.717, 1.165) is 46.1 Å². The second kappa shape index (κ2) is 17.2. The molecule has 4 heterocycles. The summed E-state index contributed by atoms with van der Waals surface area (Å²) in [6.45, 7) is 12.3. The molecule has 15 heteroatoms. The van der Waals surface area contributed by atoms with Gasteiger partial charge in [0.15, 0.2) is 5.67 Å². The molecule has 14 nitrogen and oxygen atoms in total. The first-order valence-corrected chi connectivity index (χ1v) is 21.4. The molecule has 2 aliphatic heterocycles. The number of imidazole rings is 2. The van der Waals surface area contributed by atoms with Gasteiger partial charge < -0.3 is 39.9 Å². The van der Waals surface area contributed by atoms with Crippen LogP contribution in [0.5, 0.6) is 0 Å². The standard InChI is InChI=1S/C48H53FN8O6/c1-8-19-48(49)33-22-28(29-15-18-35-36(24-29)52-43(51-35)39-12-10-21-57(39)45(59)41(27(4)5)55-47(61)63-7)13-16-31(33)32-17-14-30(23-34(32)48)37-25-50-42(53-37)38-11-9-20-56(38)44(58)40(26(2)3)54-46(60)62-6/h8-9,11,13-18,22-27,38-41H,1,10,12,19-21H2,2-7H3,(H,50,53)(H,51,52)(H,54,60)(H,55,61)/t38-,39?,40-,41-,48?/m0/s1. The highest BCUT2D eigenvalue weighted by Gasteiger charge is 2.44. The molecule has 2 aromatic heterocycles. The van der Waals surface area contributed by atoms with Crippen LogP contribution in [-0.4, -0.2) is 93.1 Å². The van der Waals surface area contributed by atoms with Crippen molar-refractivity contribution in [1.29, 1.82) is 0 Å². The minimum Gasteiger partial charge on any atom is -0.453 e. The third kappa shape index (κ3) is 7.85. The zero-order valence-electron chi connectivity index (χ0n) is 36.3. The number of alkyl carbamates (subject to hydrolysis) is 2. The number of fused-ring (bicyclic) bond motifs is 4. The van der Waals surface area contributed by atoms with E-state index in [4.69, 9.17) is 19.4 Å². The molecule has 0 radical (unpaired) electrons. The lowest BCUT2D eigenvalue weighted by Gasteiger charge is -2.29. The predicted octanol–water partition coefficient (Wildman–Crippen LogP) is 8.25. The van der Waals surface area contributed by atoms with Gasteiger partial charge in [-0.15, -0.1) is 6.58 Å². The Hall–Kier alpha value is -6.77. The van der Waals surface area contributed by atoms with Crippen LogP contribution in [0, 0.1) is 11.8 Å². The van der Waals surface area contributed by atoms with Gasteiger partial charge >= 0.3 is 12.2 Å². The van der Waals surface area contributed by atoms with E-state index in [-0.39, 0.29) is 36.1 Å². The van der Waals surface area contributed by atoms with Crippen LogP contribution in [0.4, 0.5) is 14.0 Å². The molecular formula is C48H53FN8O6. The molecule has 1 saturated heterocycles. The van der Waals surface area contributed by atoms with E-state index in [9.17, 15) is 19.2 Å². The summed E-state index contributed by atoms with van der Waals surface area (Å²) < 4.78 is 27.3. The number of benzene rings is 3. The number of H-pyrrole nitrogens is 2. The molecule has 5 atom stereocenters. The molecule has 2 unspecified atom stereocenters. The zero-order valence-corrected chi connectivity index (χ0v) is 36.3. The molecule has 1 aliphatic carbocycles. The van der Waals surface area contributed by atoms with Crippen molar-refractivity contribution >= 4 is 35.0 Å². The minimum absolute atomic E-state index is 0.0531. The van der Waals surface area contributed by atoms with Crippen LogP contribution in [0.25, 0.3) is 44.5 Å². The highest BCUT2D eigenvalue weighted by molar-refractivity contribution is 5.89. The Morgan fingerprint density at radius 1 is 0.857 bits per heavy atom. The Labute approximate surface area is 365 Å². The molecule has 3 aromatic carbocycles. The largest absolute Gasteiger partial charge is 0.453 e. The first kappa shape index (κ1) is 42.9. The minimum atomic E-state index is -1.87. The molecule has 0 spiro atoms. The second-order valence-electron chi connectivity index (χ2n) is 17.1. The molecule has 3 aliphatic rings. The van der Waals surface area contributed by atoms with E-state index < -0.39 is 36.0 Å². The molecule has 0 saturated carbocycles. The van der Waals surface area contributed by atoms with Gasteiger partial charge in [0, 0.05) is 42.4 Å². The number of methoxy groups -OCH3 is 2. The number of halogens is 1. The summed E-state index contributed by atoms with van der Waals surface area (Å²) in [4.78, 5) is 71.5. The van der Waals surface area contributed by atoms with E-state index in [1.165, 1.54) is 14.2 Å². The maximum absolute atomic E-state index is 17.8. The topological polar surface area (TPSA) is 175 Å². The maximum Gasteiger partial charge on any atom is 0.407 e. The van der Waals surface area contributed by atoms with Crippen molar-refractivity contribution in [2.24, 2.45) is 11.8 Å². The Balaban J connectivity index is 1.05. The SMILES string of the molecule is C=CCC1(F)c2cc(-c3ccc4[nH]c(C5CCCN5C(=O)[C@@H](NC(=O)OC)C(C)C)nc4c3)ccc2-c2ccc(-c3c[nH]c([C@@H]4C=CCN4C(=O)[C@@H](NC(=O)OC)C(C)C)n3)cc21. The van der Waals surface area contributed by atoms with Crippen LogP contribution in [0.2, 0.25) is 0 Å². The number of ether oxygens (including phenoxy) is 2. The summed E-state index contributed by atoms with van der Waals surface area (Å²) in [7, 11) is 2.54. The zero-order chi connectivity index (χ0) is 44.7. The molecule has 8 rings (SSSR count). The van der Waals surface area contributed by atoms with Gasteiger partial charge in [-0.3, -0.25) is 9.59 Å². The number of likely N-dealkylation sites (tertiary alicyclic amines) is 1. The van der Waals surface area contributed by atoms with Crippen LogP contribution < -0.4 is 10.6 Å². The Morgan fingerprint density at radius 2 is 1.46 bits per heavy atom. The molecule has 63 heavy (non-hydrogen) atoms. The Bertz CT molecular complexity index is 2630. The van der Waals surface area contributed by atoms with E-state index >= 15 is 4.39 Å². The summed E-state index contributed by atoms with van der Waals surface area (Å²) in [5.41, 5.74) is 5.32. The number of aromatic amines is 2. The molecule has 0 bridgehead atoms. The van der Waals surface area contributed by atoms with Crippen LogP contribution >= 0.6 is 0 Å². The Kier molecular flexibility index (Phi) is 11.7. The second-order valence-corrected chi connectivity index (χ2v) is 17.1. The summed E-state index contributed by atoms with van der Waals surface area (Å²) in [6, 6.07) is 15.2. The van der Waals surface area contributed by atoms with Crippen LogP contribution in [0.15, 0.2) is 85.6 Å². The fourth-order valence-corrected chi connectivity index (χ4v) is 9.17. The van der Waals surface area contributed by atoms with E-state index in [1.807, 2.05) is 94.4 Å². The van der Waals surface area contributed by atoms with Crippen molar-refractivity contribution in [1.82, 2.24) is 40.4 Å². The third-order valence-electron chi connectivity index (χ3n) is 12.5. The number of carbonyl (C=O) groups excluding carboxylic acids is 4. The molecule has 4 amide bonds. The number of alkyl halides is 1. The first-order chi connectivity index (χ1) is 30.3. The van der Waals surface area contributed by atoms with Gasteiger partial charge in [-0.05, 0) is 71.2 Å². The molecular weight excluding hydrogens is 804 g/mol. The molecule has 4 N–H and O–H groups in total.